The molecule has 1 rings (SSSR count). The summed E-state index contributed by atoms with van der Waals surface area (Å²) < 4.78 is 5.65. The fourth-order valence-corrected chi connectivity index (χ4v) is 1.78. The molecule has 0 heterocycles. The molecule has 0 aliphatic rings. The van der Waals surface area contributed by atoms with Crippen molar-refractivity contribution in [3.05, 3.63) is 24.3 Å². The van der Waals surface area contributed by atoms with Crippen LogP contribution < -0.4 is 20.7 Å². The molecule has 3 N–H and O–H groups in total. The molecule has 0 bridgehead atoms. The number of carbonyl (C=O) groups is 1. The van der Waals surface area contributed by atoms with Gasteiger partial charge in [0.15, 0.2) is 5.96 Å². The average Bonchev–Trinajstić information content (AvgIpc) is 2.43. The minimum atomic E-state index is -0.100. The Balaban J connectivity index is 2.47. The SMILES string of the molecule is CCNC(=NCCOc1cccc(NC(C)=O)c1)NC(C)C. The minimum absolute atomic E-state index is 0.100. The molecule has 1 aromatic carbocycles. The number of hydrogen-bond acceptors (Lipinski definition) is 3. The van der Waals surface area contributed by atoms with Crippen molar-refractivity contribution in [1.82, 2.24) is 10.6 Å². The normalized spacial score (nSPS) is 11.2. The van der Waals surface area contributed by atoms with E-state index in [9.17, 15) is 4.79 Å². The van der Waals surface area contributed by atoms with Gasteiger partial charge in [-0.3, -0.25) is 4.79 Å². The smallest absolute Gasteiger partial charge is 0.221 e. The summed E-state index contributed by atoms with van der Waals surface area (Å²) >= 11 is 0. The number of anilines is 1. The first-order valence-corrected chi connectivity index (χ1v) is 7.56. The molecular formula is C16H26N4O2. The molecule has 122 valence electrons. The lowest BCUT2D eigenvalue weighted by Crippen LogP contribution is -2.41. The van der Waals surface area contributed by atoms with Crippen molar-refractivity contribution in [3.8, 4) is 5.75 Å². The summed E-state index contributed by atoms with van der Waals surface area (Å²) in [6, 6.07) is 7.64. The van der Waals surface area contributed by atoms with Gasteiger partial charge in [0, 0.05) is 31.3 Å². The lowest BCUT2D eigenvalue weighted by atomic mass is 10.3. The van der Waals surface area contributed by atoms with Crippen molar-refractivity contribution >= 4 is 17.6 Å². The van der Waals surface area contributed by atoms with Crippen LogP contribution in [0.5, 0.6) is 5.75 Å². The summed E-state index contributed by atoms with van der Waals surface area (Å²) in [6.07, 6.45) is 0. The van der Waals surface area contributed by atoms with Gasteiger partial charge in [-0.15, -0.1) is 0 Å². The van der Waals surface area contributed by atoms with Crippen molar-refractivity contribution in [2.45, 2.75) is 33.7 Å². The molecule has 6 nitrogen and oxygen atoms in total. The van der Waals surface area contributed by atoms with Crippen LogP contribution in [-0.2, 0) is 4.79 Å². The monoisotopic (exact) mass is 306 g/mol. The molecule has 0 aromatic heterocycles. The summed E-state index contributed by atoms with van der Waals surface area (Å²) in [6.45, 7) is 9.48. The topological polar surface area (TPSA) is 74.8 Å². The number of aliphatic imine (C=N–C) groups is 1. The highest BCUT2D eigenvalue weighted by molar-refractivity contribution is 5.88. The Morgan fingerprint density at radius 2 is 2.14 bits per heavy atom. The zero-order chi connectivity index (χ0) is 16.4. The van der Waals surface area contributed by atoms with E-state index in [-0.39, 0.29) is 5.91 Å². The van der Waals surface area contributed by atoms with Crippen LogP contribution in [0.4, 0.5) is 5.69 Å². The molecule has 0 unspecified atom stereocenters. The van der Waals surface area contributed by atoms with Gasteiger partial charge in [-0.1, -0.05) is 6.07 Å². The summed E-state index contributed by atoms with van der Waals surface area (Å²) in [5.74, 6) is 1.40. The number of hydrogen-bond donors (Lipinski definition) is 3. The van der Waals surface area contributed by atoms with Crippen LogP contribution in [0.3, 0.4) is 0 Å². The van der Waals surface area contributed by atoms with Crippen molar-refractivity contribution in [3.63, 3.8) is 0 Å². The summed E-state index contributed by atoms with van der Waals surface area (Å²) in [5, 5.41) is 9.15. The van der Waals surface area contributed by atoms with E-state index in [1.54, 1.807) is 6.07 Å². The molecule has 0 radical (unpaired) electrons. The van der Waals surface area contributed by atoms with E-state index in [0.29, 0.717) is 24.9 Å². The zero-order valence-electron chi connectivity index (χ0n) is 13.8. The van der Waals surface area contributed by atoms with E-state index in [1.165, 1.54) is 6.92 Å². The standard InChI is InChI=1S/C16H26N4O2/c1-5-17-16(19-12(2)3)18-9-10-22-15-8-6-7-14(11-15)20-13(4)21/h6-8,11-12H,5,9-10H2,1-4H3,(H,20,21)(H2,17,18,19). The number of nitrogens with zero attached hydrogens (tertiary/aromatic N) is 1. The van der Waals surface area contributed by atoms with Gasteiger partial charge in [-0.25, -0.2) is 4.99 Å². The zero-order valence-corrected chi connectivity index (χ0v) is 13.8. The molecule has 22 heavy (non-hydrogen) atoms. The van der Waals surface area contributed by atoms with Gasteiger partial charge in [0.2, 0.25) is 5.91 Å². The van der Waals surface area contributed by atoms with Crippen molar-refractivity contribution in [1.29, 1.82) is 0 Å². The van der Waals surface area contributed by atoms with Crippen molar-refractivity contribution in [2.75, 3.05) is 25.0 Å². The second-order valence-electron chi connectivity index (χ2n) is 5.12. The summed E-state index contributed by atoms with van der Waals surface area (Å²) in [7, 11) is 0. The average molecular weight is 306 g/mol. The summed E-state index contributed by atoms with van der Waals surface area (Å²) in [5.41, 5.74) is 0.725. The van der Waals surface area contributed by atoms with Crippen molar-refractivity contribution in [2.24, 2.45) is 4.99 Å². The largest absolute Gasteiger partial charge is 0.492 e. The molecule has 0 saturated carbocycles. The Morgan fingerprint density at radius 3 is 2.77 bits per heavy atom. The van der Waals surface area contributed by atoms with Gasteiger partial charge in [-0.2, -0.15) is 0 Å². The fourth-order valence-electron chi connectivity index (χ4n) is 1.78. The van der Waals surface area contributed by atoms with Crippen LogP contribution in [-0.4, -0.2) is 37.6 Å². The predicted octanol–water partition coefficient (Wildman–Crippen LogP) is 1.99. The maximum Gasteiger partial charge on any atom is 0.221 e. The van der Waals surface area contributed by atoms with E-state index in [2.05, 4.69) is 34.8 Å². The molecular weight excluding hydrogens is 280 g/mol. The predicted molar refractivity (Wildman–Crippen MR) is 90.5 cm³/mol. The maximum absolute atomic E-state index is 11.0. The van der Waals surface area contributed by atoms with E-state index >= 15 is 0 Å². The first kappa shape index (κ1) is 17.8. The van der Waals surface area contributed by atoms with Gasteiger partial charge in [-0.05, 0) is 32.9 Å². The van der Waals surface area contributed by atoms with Gasteiger partial charge in [0.1, 0.15) is 12.4 Å². The summed E-state index contributed by atoms with van der Waals surface area (Å²) in [4.78, 5) is 15.5. The molecule has 6 heteroatoms. The second-order valence-corrected chi connectivity index (χ2v) is 5.12. The molecule has 1 amide bonds. The molecule has 1 aromatic rings. The number of benzene rings is 1. The third kappa shape index (κ3) is 7.52. The van der Waals surface area contributed by atoms with Crippen LogP contribution in [0, 0.1) is 0 Å². The van der Waals surface area contributed by atoms with E-state index < -0.39 is 0 Å². The first-order chi connectivity index (χ1) is 10.5. The highest BCUT2D eigenvalue weighted by Crippen LogP contribution is 2.17. The molecule has 0 spiro atoms. The van der Waals surface area contributed by atoms with Gasteiger partial charge in [0.25, 0.3) is 0 Å². The van der Waals surface area contributed by atoms with Crippen molar-refractivity contribution < 1.29 is 9.53 Å². The third-order valence-corrected chi connectivity index (χ3v) is 2.55. The Morgan fingerprint density at radius 1 is 1.36 bits per heavy atom. The van der Waals surface area contributed by atoms with Gasteiger partial charge < -0.3 is 20.7 Å². The number of guanidine groups is 1. The maximum atomic E-state index is 11.0. The number of carbonyl (C=O) groups excluding carboxylic acids is 1. The van der Waals surface area contributed by atoms with Crippen LogP contribution in [0.15, 0.2) is 29.3 Å². The number of amides is 1. The Bertz CT molecular complexity index is 501. The minimum Gasteiger partial charge on any atom is -0.492 e. The van der Waals surface area contributed by atoms with Gasteiger partial charge in [0.05, 0.1) is 6.54 Å². The first-order valence-electron chi connectivity index (χ1n) is 7.56. The molecule has 0 atom stereocenters. The van der Waals surface area contributed by atoms with Crippen LogP contribution in [0.2, 0.25) is 0 Å². The number of rotatable bonds is 7. The van der Waals surface area contributed by atoms with Crippen LogP contribution >= 0.6 is 0 Å². The lowest BCUT2D eigenvalue weighted by Gasteiger charge is -2.14. The number of nitrogens with one attached hydrogen (secondary N) is 3. The Hall–Kier alpha value is -2.24. The quantitative estimate of drug-likeness (QED) is 0.409. The molecule has 0 fully saturated rings. The lowest BCUT2D eigenvalue weighted by molar-refractivity contribution is -0.114. The highest BCUT2D eigenvalue weighted by atomic mass is 16.5. The highest BCUT2D eigenvalue weighted by Gasteiger charge is 2.00. The van der Waals surface area contributed by atoms with E-state index in [0.717, 1.165) is 18.2 Å². The molecule has 0 aliphatic heterocycles. The van der Waals surface area contributed by atoms with Crippen LogP contribution in [0.25, 0.3) is 0 Å². The molecule has 0 aliphatic carbocycles. The Kier molecular flexibility index (Phi) is 7.81. The second kappa shape index (κ2) is 9.65. The van der Waals surface area contributed by atoms with Gasteiger partial charge >= 0.3 is 0 Å². The van der Waals surface area contributed by atoms with E-state index in [4.69, 9.17) is 4.74 Å². The Labute approximate surface area is 132 Å². The van der Waals surface area contributed by atoms with E-state index in [1.807, 2.05) is 25.1 Å². The third-order valence-electron chi connectivity index (χ3n) is 2.55. The fraction of sp³-hybridized carbons (Fsp3) is 0.500. The molecule has 0 saturated heterocycles. The number of ether oxygens (including phenoxy) is 1. The van der Waals surface area contributed by atoms with Crippen LogP contribution in [0.1, 0.15) is 27.7 Å².